The van der Waals surface area contributed by atoms with Crippen molar-refractivity contribution in [2.75, 3.05) is 0 Å². The molecule has 0 aromatic heterocycles. The lowest BCUT2D eigenvalue weighted by Gasteiger charge is -2.03. The first-order valence-electron chi connectivity index (χ1n) is 3.77. The third kappa shape index (κ3) is 2.08. The van der Waals surface area contributed by atoms with Gasteiger partial charge in [0.15, 0.2) is 0 Å². The van der Waals surface area contributed by atoms with Gasteiger partial charge >= 0.3 is 5.97 Å². The van der Waals surface area contributed by atoms with Crippen molar-refractivity contribution in [3.8, 4) is 0 Å². The monoisotopic (exact) mass is 169 g/mol. The van der Waals surface area contributed by atoms with E-state index in [0.29, 0.717) is 18.4 Å². The van der Waals surface area contributed by atoms with E-state index in [1.54, 1.807) is 13.0 Å². The van der Waals surface area contributed by atoms with Crippen molar-refractivity contribution in [3.63, 3.8) is 0 Å². The molecule has 0 radical (unpaired) electrons. The maximum absolute atomic E-state index is 10.6. The molecule has 0 aliphatic carbocycles. The largest absolute Gasteiger partial charge is 0.458 e. The Morgan fingerprint density at radius 1 is 1.75 bits per heavy atom. The summed E-state index contributed by atoms with van der Waals surface area (Å²) in [5.74, 6) is -0.688. The molecule has 1 aliphatic heterocycles. The van der Waals surface area contributed by atoms with Crippen molar-refractivity contribution in [3.05, 3.63) is 11.6 Å². The highest BCUT2D eigenvalue weighted by atomic mass is 16.5. The van der Waals surface area contributed by atoms with Crippen LogP contribution in [0.4, 0.5) is 0 Å². The molecular formula is C8H11NO3. The van der Waals surface area contributed by atoms with Crippen molar-refractivity contribution in [2.45, 2.75) is 25.9 Å². The standard InChI is InChI=1S/C8H11NO3/c1-5(8(9)11)4-6-2-3-7(10)12-6/h4,6H,2-3H2,1H3,(H2,9,11)/b5-4+/t6-/m1/s1. The zero-order valence-corrected chi connectivity index (χ0v) is 6.87. The quantitative estimate of drug-likeness (QED) is 0.471. The van der Waals surface area contributed by atoms with E-state index in [1.165, 1.54) is 0 Å². The first kappa shape index (κ1) is 8.77. The van der Waals surface area contributed by atoms with Crippen LogP contribution in [0, 0.1) is 0 Å². The van der Waals surface area contributed by atoms with Crippen LogP contribution < -0.4 is 5.73 Å². The summed E-state index contributed by atoms with van der Waals surface area (Å²) in [7, 11) is 0. The molecule has 1 atom stereocenters. The summed E-state index contributed by atoms with van der Waals surface area (Å²) in [6.45, 7) is 1.61. The molecule has 0 spiro atoms. The van der Waals surface area contributed by atoms with Crippen molar-refractivity contribution in [1.29, 1.82) is 0 Å². The molecule has 1 rings (SSSR count). The zero-order valence-electron chi connectivity index (χ0n) is 6.87. The van der Waals surface area contributed by atoms with Crippen LogP contribution in [0.2, 0.25) is 0 Å². The number of hydrogen-bond acceptors (Lipinski definition) is 3. The number of primary amides is 1. The molecule has 1 aliphatic rings. The van der Waals surface area contributed by atoms with Crippen LogP contribution in [0.5, 0.6) is 0 Å². The van der Waals surface area contributed by atoms with Crippen molar-refractivity contribution >= 4 is 11.9 Å². The Labute approximate surface area is 70.4 Å². The van der Waals surface area contributed by atoms with Crippen LogP contribution in [-0.2, 0) is 14.3 Å². The molecule has 2 N–H and O–H groups in total. The Balaban J connectivity index is 2.56. The number of cyclic esters (lactones) is 1. The zero-order chi connectivity index (χ0) is 9.14. The first-order chi connectivity index (χ1) is 5.59. The summed E-state index contributed by atoms with van der Waals surface area (Å²) in [4.78, 5) is 21.2. The molecule has 0 saturated carbocycles. The Hall–Kier alpha value is -1.32. The number of nitrogens with two attached hydrogens (primary N) is 1. The molecule has 4 heteroatoms. The predicted octanol–water partition coefficient (Wildman–Crippen LogP) is 0.124. The maximum Gasteiger partial charge on any atom is 0.306 e. The fraction of sp³-hybridized carbons (Fsp3) is 0.500. The Morgan fingerprint density at radius 2 is 2.42 bits per heavy atom. The molecule has 0 bridgehead atoms. The van der Waals surface area contributed by atoms with E-state index >= 15 is 0 Å². The molecular weight excluding hydrogens is 158 g/mol. The van der Waals surface area contributed by atoms with Crippen LogP contribution in [0.1, 0.15) is 19.8 Å². The summed E-state index contributed by atoms with van der Waals surface area (Å²) < 4.78 is 4.86. The van der Waals surface area contributed by atoms with Gasteiger partial charge in [-0.1, -0.05) is 0 Å². The average molecular weight is 169 g/mol. The van der Waals surface area contributed by atoms with E-state index in [9.17, 15) is 9.59 Å². The SMILES string of the molecule is C/C(=C\[C@H]1CCC(=O)O1)C(N)=O. The van der Waals surface area contributed by atoms with Gasteiger partial charge in [0.05, 0.1) is 0 Å². The third-order valence-electron chi connectivity index (χ3n) is 1.74. The van der Waals surface area contributed by atoms with Gasteiger partial charge in [0.2, 0.25) is 5.91 Å². The number of rotatable bonds is 2. The second kappa shape index (κ2) is 3.38. The van der Waals surface area contributed by atoms with Gasteiger partial charge in [0, 0.05) is 12.0 Å². The number of amides is 1. The minimum atomic E-state index is -0.474. The summed E-state index contributed by atoms with van der Waals surface area (Å²) in [5.41, 5.74) is 5.44. The van der Waals surface area contributed by atoms with Gasteiger partial charge in [-0.3, -0.25) is 9.59 Å². The summed E-state index contributed by atoms with van der Waals surface area (Å²) in [6.07, 6.45) is 2.40. The fourth-order valence-electron chi connectivity index (χ4n) is 1.03. The molecule has 1 heterocycles. The van der Waals surface area contributed by atoms with Gasteiger partial charge in [0.25, 0.3) is 0 Å². The smallest absolute Gasteiger partial charge is 0.306 e. The number of hydrogen-bond donors (Lipinski definition) is 1. The number of carbonyl (C=O) groups is 2. The highest BCUT2D eigenvalue weighted by molar-refractivity contribution is 5.91. The van der Waals surface area contributed by atoms with E-state index in [1.807, 2.05) is 0 Å². The van der Waals surface area contributed by atoms with E-state index < -0.39 is 5.91 Å². The van der Waals surface area contributed by atoms with Gasteiger partial charge in [-0.15, -0.1) is 0 Å². The maximum atomic E-state index is 10.6. The first-order valence-corrected chi connectivity index (χ1v) is 3.77. The molecule has 4 nitrogen and oxygen atoms in total. The highest BCUT2D eigenvalue weighted by Crippen LogP contribution is 2.15. The Morgan fingerprint density at radius 3 is 2.83 bits per heavy atom. The highest BCUT2D eigenvalue weighted by Gasteiger charge is 2.21. The van der Waals surface area contributed by atoms with Crippen LogP contribution >= 0.6 is 0 Å². The molecule has 1 saturated heterocycles. The van der Waals surface area contributed by atoms with E-state index in [4.69, 9.17) is 10.5 Å². The summed E-state index contributed by atoms with van der Waals surface area (Å²) >= 11 is 0. The van der Waals surface area contributed by atoms with Gasteiger partial charge in [0.1, 0.15) is 6.10 Å². The molecule has 12 heavy (non-hydrogen) atoms. The average Bonchev–Trinajstić information content (AvgIpc) is 2.35. The minimum absolute atomic E-state index is 0.214. The van der Waals surface area contributed by atoms with Gasteiger partial charge in [-0.05, 0) is 19.4 Å². The lowest BCUT2D eigenvalue weighted by atomic mass is 10.1. The minimum Gasteiger partial charge on any atom is -0.458 e. The van der Waals surface area contributed by atoms with E-state index in [-0.39, 0.29) is 12.1 Å². The molecule has 1 fully saturated rings. The summed E-state index contributed by atoms with van der Waals surface area (Å²) in [6, 6.07) is 0. The fourth-order valence-corrected chi connectivity index (χ4v) is 1.03. The van der Waals surface area contributed by atoms with Crippen molar-refractivity contribution < 1.29 is 14.3 Å². The molecule has 1 amide bonds. The number of carbonyl (C=O) groups excluding carboxylic acids is 2. The second-order valence-corrected chi connectivity index (χ2v) is 2.78. The molecule has 0 aromatic rings. The van der Waals surface area contributed by atoms with Gasteiger partial charge in [-0.2, -0.15) is 0 Å². The Kier molecular flexibility index (Phi) is 2.47. The van der Waals surface area contributed by atoms with Crippen molar-refractivity contribution in [2.24, 2.45) is 5.73 Å². The van der Waals surface area contributed by atoms with Crippen LogP contribution in [-0.4, -0.2) is 18.0 Å². The summed E-state index contributed by atoms with van der Waals surface area (Å²) in [5, 5.41) is 0. The third-order valence-corrected chi connectivity index (χ3v) is 1.74. The topological polar surface area (TPSA) is 69.4 Å². The van der Waals surface area contributed by atoms with Crippen LogP contribution in [0.3, 0.4) is 0 Å². The lowest BCUT2D eigenvalue weighted by Crippen LogP contribution is -2.14. The van der Waals surface area contributed by atoms with Crippen molar-refractivity contribution in [1.82, 2.24) is 0 Å². The van der Waals surface area contributed by atoms with Crippen LogP contribution in [0.25, 0.3) is 0 Å². The molecule has 0 unspecified atom stereocenters. The number of esters is 1. The predicted molar refractivity (Wildman–Crippen MR) is 42.1 cm³/mol. The van der Waals surface area contributed by atoms with Gasteiger partial charge < -0.3 is 10.5 Å². The molecule has 0 aromatic carbocycles. The Bertz CT molecular complexity index is 245. The number of ether oxygens (including phenoxy) is 1. The lowest BCUT2D eigenvalue weighted by molar-refractivity contribution is -0.140. The molecule has 66 valence electrons. The van der Waals surface area contributed by atoms with E-state index in [2.05, 4.69) is 0 Å². The van der Waals surface area contributed by atoms with Gasteiger partial charge in [-0.25, -0.2) is 0 Å². The van der Waals surface area contributed by atoms with E-state index in [0.717, 1.165) is 0 Å². The normalized spacial score (nSPS) is 23.9. The van der Waals surface area contributed by atoms with Crippen LogP contribution in [0.15, 0.2) is 11.6 Å². The second-order valence-electron chi connectivity index (χ2n) is 2.78.